The molecule has 0 aliphatic heterocycles. The van der Waals surface area contributed by atoms with Crippen LogP contribution in [0, 0.1) is 0 Å². The molecule has 0 spiro atoms. The van der Waals surface area contributed by atoms with Crippen LogP contribution in [0.25, 0.3) is 22.2 Å². The first-order chi connectivity index (χ1) is 7.34. The Morgan fingerprint density at radius 1 is 1.20 bits per heavy atom. The van der Waals surface area contributed by atoms with Crippen LogP contribution in [0.5, 0.6) is 0 Å². The van der Waals surface area contributed by atoms with Gasteiger partial charge in [-0.1, -0.05) is 17.6 Å². The van der Waals surface area contributed by atoms with Crippen LogP contribution >= 0.6 is 0 Å². The molecule has 0 unspecified atom stereocenters. The van der Waals surface area contributed by atoms with Gasteiger partial charge in [0.15, 0.2) is 6.39 Å². The summed E-state index contributed by atoms with van der Waals surface area (Å²) >= 11 is 0. The van der Waals surface area contributed by atoms with Gasteiger partial charge in [-0.25, -0.2) is 4.98 Å². The summed E-state index contributed by atoms with van der Waals surface area (Å²) in [6, 6.07) is 6.08. The monoisotopic (exact) mass is 197 g/mol. The molecule has 0 aliphatic rings. The number of hydrogen-bond donors (Lipinski definition) is 0. The minimum absolute atomic E-state index is 0.805. The van der Waals surface area contributed by atoms with E-state index in [2.05, 4.69) is 18.9 Å². The summed E-state index contributed by atoms with van der Waals surface area (Å²) in [5.74, 6) is 0. The van der Waals surface area contributed by atoms with Crippen LogP contribution in [0.1, 0.15) is 0 Å². The molecule has 0 atom stereocenters. The Hall–Kier alpha value is -1.97. The van der Waals surface area contributed by atoms with Gasteiger partial charge in [-0.05, 0) is 6.07 Å². The molecule has 0 saturated heterocycles. The number of rotatable bonds is 1. The second kappa shape index (κ2) is 3.02. The Balaban J connectivity index is 2.32. The molecule has 0 N–H and O–H groups in total. The highest BCUT2D eigenvalue weighted by Gasteiger charge is 2.09. The first kappa shape index (κ1) is 8.35. The topological polar surface area (TPSA) is 39.2 Å². The van der Waals surface area contributed by atoms with E-state index in [1.807, 2.05) is 12.1 Å². The van der Waals surface area contributed by atoms with Crippen molar-refractivity contribution in [2.45, 2.75) is 0 Å². The van der Waals surface area contributed by atoms with Gasteiger partial charge in [0.25, 0.3) is 0 Å². The number of furan rings is 1. The number of aromatic nitrogens is 1. The molecule has 3 aromatic rings. The third-order valence-corrected chi connectivity index (χ3v) is 2.44. The summed E-state index contributed by atoms with van der Waals surface area (Å²) in [4.78, 5) is 4.11. The highest BCUT2D eigenvalue weighted by Crippen LogP contribution is 2.28. The number of fused-ring (bicyclic) bond motifs is 1. The number of hydrogen-bond acceptors (Lipinski definition) is 3. The summed E-state index contributed by atoms with van der Waals surface area (Å²) in [6.07, 6.45) is 4.75. The predicted octanol–water partition coefficient (Wildman–Crippen LogP) is 1.35. The van der Waals surface area contributed by atoms with E-state index in [-0.39, 0.29) is 0 Å². The van der Waals surface area contributed by atoms with Crippen molar-refractivity contribution in [1.82, 2.24) is 4.98 Å². The largest absolute Gasteiger partial charge is 0.464 e. The van der Waals surface area contributed by atoms with E-state index in [4.69, 9.17) is 8.83 Å². The molecule has 0 saturated carbocycles. The molecule has 3 rings (SSSR count). The summed E-state index contributed by atoms with van der Waals surface area (Å²) in [6.45, 7) is 0. The molecule has 2 heterocycles. The minimum atomic E-state index is 0.805. The maximum atomic E-state index is 5.45. The lowest BCUT2D eigenvalue weighted by Crippen LogP contribution is -1.98. The highest BCUT2D eigenvalue weighted by molar-refractivity contribution is 6.33. The molecule has 0 bridgehead atoms. The van der Waals surface area contributed by atoms with E-state index in [9.17, 15) is 0 Å². The van der Waals surface area contributed by atoms with Crippen molar-refractivity contribution in [1.29, 1.82) is 0 Å². The van der Waals surface area contributed by atoms with Crippen LogP contribution in [-0.4, -0.2) is 12.8 Å². The van der Waals surface area contributed by atoms with Crippen LogP contribution in [0.3, 0.4) is 0 Å². The summed E-state index contributed by atoms with van der Waals surface area (Å²) < 4.78 is 10.4. The zero-order valence-corrected chi connectivity index (χ0v) is 8.23. The highest BCUT2D eigenvalue weighted by atomic mass is 16.3. The molecule has 2 aromatic heterocycles. The first-order valence-corrected chi connectivity index (χ1v) is 4.71. The van der Waals surface area contributed by atoms with E-state index >= 15 is 0 Å². The fourth-order valence-corrected chi connectivity index (χ4v) is 1.69. The third-order valence-electron chi connectivity index (χ3n) is 2.44. The SMILES string of the molecule is Bc1ccc2occ(-c3cocn3)c2c1. The molecule has 1 aromatic carbocycles. The number of benzene rings is 1. The molecule has 3 nitrogen and oxygen atoms in total. The van der Waals surface area contributed by atoms with Gasteiger partial charge < -0.3 is 8.83 Å². The first-order valence-electron chi connectivity index (χ1n) is 4.71. The van der Waals surface area contributed by atoms with Gasteiger partial charge >= 0.3 is 0 Å². The number of oxazole rings is 1. The van der Waals surface area contributed by atoms with Crippen LogP contribution in [-0.2, 0) is 0 Å². The van der Waals surface area contributed by atoms with E-state index in [0.29, 0.717) is 0 Å². The van der Waals surface area contributed by atoms with Gasteiger partial charge in [-0.15, -0.1) is 0 Å². The van der Waals surface area contributed by atoms with E-state index in [1.165, 1.54) is 11.9 Å². The molecule has 15 heavy (non-hydrogen) atoms. The van der Waals surface area contributed by atoms with Crippen molar-refractivity contribution in [2.75, 3.05) is 0 Å². The van der Waals surface area contributed by atoms with Crippen molar-refractivity contribution in [3.8, 4) is 11.3 Å². The van der Waals surface area contributed by atoms with Crippen molar-refractivity contribution in [2.24, 2.45) is 0 Å². The lowest BCUT2D eigenvalue weighted by atomic mass is 9.94. The average molecular weight is 197 g/mol. The van der Waals surface area contributed by atoms with Crippen LogP contribution in [0.4, 0.5) is 0 Å². The Morgan fingerprint density at radius 2 is 2.13 bits per heavy atom. The smallest absolute Gasteiger partial charge is 0.181 e. The van der Waals surface area contributed by atoms with E-state index in [0.717, 1.165) is 22.2 Å². The maximum absolute atomic E-state index is 5.45. The van der Waals surface area contributed by atoms with Gasteiger partial charge in [-0.2, -0.15) is 0 Å². The van der Waals surface area contributed by atoms with Gasteiger partial charge in [0.1, 0.15) is 31.6 Å². The summed E-state index contributed by atoms with van der Waals surface area (Å²) in [5.41, 5.74) is 3.86. The molecule has 0 amide bonds. The molecule has 0 fully saturated rings. The zero-order chi connectivity index (χ0) is 10.3. The van der Waals surface area contributed by atoms with Crippen LogP contribution < -0.4 is 5.46 Å². The second-order valence-corrected chi connectivity index (χ2v) is 3.52. The van der Waals surface area contributed by atoms with E-state index < -0.39 is 0 Å². The molecule has 72 valence electrons. The molecular weight excluding hydrogens is 189 g/mol. The van der Waals surface area contributed by atoms with Crippen molar-refractivity contribution >= 4 is 24.3 Å². The molecule has 4 heteroatoms. The molecule has 0 radical (unpaired) electrons. The van der Waals surface area contributed by atoms with Gasteiger partial charge in [-0.3, -0.25) is 0 Å². The Morgan fingerprint density at radius 3 is 2.93 bits per heavy atom. The summed E-state index contributed by atoms with van der Waals surface area (Å²) in [5, 5.41) is 1.07. The third kappa shape index (κ3) is 1.26. The Kier molecular flexibility index (Phi) is 1.68. The van der Waals surface area contributed by atoms with E-state index in [1.54, 1.807) is 12.5 Å². The predicted molar refractivity (Wildman–Crippen MR) is 59.9 cm³/mol. The normalized spacial score (nSPS) is 10.9. The van der Waals surface area contributed by atoms with Crippen LogP contribution in [0.15, 0.2) is 46.0 Å². The van der Waals surface area contributed by atoms with Crippen molar-refractivity contribution in [3.63, 3.8) is 0 Å². The van der Waals surface area contributed by atoms with Crippen molar-refractivity contribution < 1.29 is 8.83 Å². The van der Waals surface area contributed by atoms with Crippen molar-refractivity contribution in [3.05, 3.63) is 37.1 Å². The Bertz CT molecular complexity index is 598. The lowest BCUT2D eigenvalue weighted by Gasteiger charge is -1.93. The summed E-state index contributed by atoms with van der Waals surface area (Å²) in [7, 11) is 2.05. The fourth-order valence-electron chi connectivity index (χ4n) is 1.69. The lowest BCUT2D eigenvalue weighted by molar-refractivity contribution is 0.558. The zero-order valence-electron chi connectivity index (χ0n) is 8.23. The second-order valence-electron chi connectivity index (χ2n) is 3.52. The Labute approximate surface area is 87.1 Å². The average Bonchev–Trinajstić information content (AvgIpc) is 2.83. The van der Waals surface area contributed by atoms with Gasteiger partial charge in [0, 0.05) is 10.9 Å². The van der Waals surface area contributed by atoms with Crippen LogP contribution in [0.2, 0.25) is 0 Å². The molecule has 0 aliphatic carbocycles. The minimum Gasteiger partial charge on any atom is -0.464 e. The maximum Gasteiger partial charge on any atom is 0.181 e. The molecular formula is C11H8BNO2. The number of nitrogens with zero attached hydrogens (tertiary/aromatic N) is 1. The fraction of sp³-hybridized carbons (Fsp3) is 0. The van der Waals surface area contributed by atoms with Gasteiger partial charge in [0.05, 0.1) is 0 Å². The standard InChI is InChI=1S/C11H8BNO2/c12-7-1-2-11-8(3-7)9(4-15-11)10-5-14-6-13-10/h1-6H,12H2. The van der Waals surface area contributed by atoms with Gasteiger partial charge in [0.2, 0.25) is 0 Å². The quantitative estimate of drug-likeness (QED) is 0.552.